The molecule has 0 bridgehead atoms. The maximum Gasteiger partial charge on any atom is 0.161 e. The number of rotatable bonds is 5. The minimum atomic E-state index is -0.445. The lowest BCUT2D eigenvalue weighted by Gasteiger charge is -2.33. The van der Waals surface area contributed by atoms with E-state index in [4.69, 9.17) is 23.2 Å². The quantitative estimate of drug-likeness (QED) is 0.613. The Morgan fingerprint density at radius 1 is 1.35 bits per heavy atom. The number of carbonyl (C=O) groups is 1. The average Bonchev–Trinajstić information content (AvgIpc) is 2.63. The van der Waals surface area contributed by atoms with Gasteiger partial charge in [0.25, 0.3) is 0 Å². The Morgan fingerprint density at radius 2 is 2.15 bits per heavy atom. The van der Waals surface area contributed by atoms with Crippen LogP contribution in [-0.2, 0) is 4.79 Å². The molecule has 0 radical (unpaired) electrons. The van der Waals surface area contributed by atoms with Crippen LogP contribution in [0.25, 0.3) is 0 Å². The van der Waals surface area contributed by atoms with Crippen molar-refractivity contribution in [3.8, 4) is 6.07 Å². The second-order valence-corrected chi connectivity index (χ2v) is 8.32. The molecule has 1 aliphatic carbocycles. The highest BCUT2D eigenvalue weighted by molar-refractivity contribution is 8.03. The van der Waals surface area contributed by atoms with E-state index < -0.39 is 5.92 Å². The number of benzene rings is 1. The fourth-order valence-electron chi connectivity index (χ4n) is 3.41. The van der Waals surface area contributed by atoms with Crippen LogP contribution in [0.5, 0.6) is 0 Å². The molecule has 1 atom stereocenters. The molecule has 6 heteroatoms. The minimum absolute atomic E-state index is 0.0881. The summed E-state index contributed by atoms with van der Waals surface area (Å²) in [4.78, 5) is 12.7. The van der Waals surface area contributed by atoms with E-state index in [1.165, 1.54) is 0 Å². The number of nitrogens with zero attached hydrogens (tertiary/aromatic N) is 1. The van der Waals surface area contributed by atoms with Crippen LogP contribution in [0.4, 0.5) is 0 Å². The molecule has 0 saturated heterocycles. The second kappa shape index (κ2) is 8.52. The number of allylic oxidation sites excluding steroid dienone is 3. The summed E-state index contributed by atoms with van der Waals surface area (Å²) in [5, 5.41) is 15.0. The van der Waals surface area contributed by atoms with E-state index in [-0.39, 0.29) is 5.78 Å². The Balaban J connectivity index is 2.14. The molecule has 0 saturated carbocycles. The van der Waals surface area contributed by atoms with Crippen LogP contribution in [-0.4, -0.2) is 11.5 Å². The number of nitriles is 1. The third kappa shape index (κ3) is 3.67. The van der Waals surface area contributed by atoms with E-state index in [1.807, 2.05) is 12.1 Å². The molecule has 0 aromatic heterocycles. The van der Waals surface area contributed by atoms with Crippen molar-refractivity contribution in [1.82, 2.24) is 5.32 Å². The third-order valence-electron chi connectivity index (χ3n) is 4.70. The lowest BCUT2D eigenvalue weighted by molar-refractivity contribution is -0.116. The Labute approximate surface area is 168 Å². The number of nitrogens with one attached hydrogen (secondary N) is 1. The SMILES string of the molecule is CCCCSC1=C(C#N)[C@@H](c2cccc(Cl)c2Cl)C2=C(CCCC2=O)N1. The van der Waals surface area contributed by atoms with Gasteiger partial charge in [0.05, 0.1) is 32.6 Å². The van der Waals surface area contributed by atoms with Crippen LogP contribution in [0, 0.1) is 11.3 Å². The maximum absolute atomic E-state index is 12.7. The molecule has 136 valence electrons. The first kappa shape index (κ1) is 19.4. The van der Waals surface area contributed by atoms with E-state index in [0.29, 0.717) is 27.6 Å². The fourth-order valence-corrected chi connectivity index (χ4v) is 4.98. The molecule has 1 heterocycles. The molecule has 3 rings (SSSR count). The number of dihydropyridines is 1. The highest BCUT2D eigenvalue weighted by atomic mass is 35.5. The first-order valence-electron chi connectivity index (χ1n) is 8.82. The first-order valence-corrected chi connectivity index (χ1v) is 10.6. The van der Waals surface area contributed by atoms with E-state index in [9.17, 15) is 10.1 Å². The van der Waals surface area contributed by atoms with E-state index in [2.05, 4.69) is 18.3 Å². The lowest BCUT2D eigenvalue weighted by Crippen LogP contribution is -2.31. The van der Waals surface area contributed by atoms with Crippen molar-refractivity contribution in [2.24, 2.45) is 0 Å². The molecule has 1 N–H and O–H groups in total. The second-order valence-electron chi connectivity index (χ2n) is 6.43. The zero-order valence-corrected chi connectivity index (χ0v) is 16.9. The Bertz CT molecular complexity index is 839. The zero-order chi connectivity index (χ0) is 18.7. The van der Waals surface area contributed by atoms with E-state index >= 15 is 0 Å². The van der Waals surface area contributed by atoms with Crippen LogP contribution in [0.1, 0.15) is 50.5 Å². The Hall–Kier alpha value is -1.41. The molecule has 1 aromatic rings. The van der Waals surface area contributed by atoms with Gasteiger partial charge in [-0.2, -0.15) is 5.26 Å². The van der Waals surface area contributed by atoms with Crippen LogP contribution in [0.2, 0.25) is 10.0 Å². The van der Waals surface area contributed by atoms with Crippen molar-refractivity contribution in [3.05, 3.63) is 55.7 Å². The van der Waals surface area contributed by atoms with Gasteiger partial charge in [0.1, 0.15) is 0 Å². The lowest BCUT2D eigenvalue weighted by atomic mass is 9.77. The number of Topliss-reactive ketones (excluding diaryl/α,β-unsaturated/α-hetero) is 1. The number of unbranched alkanes of at least 4 members (excludes halogenated alkanes) is 1. The molecule has 0 amide bonds. The van der Waals surface area contributed by atoms with Crippen molar-refractivity contribution in [2.75, 3.05) is 5.75 Å². The zero-order valence-electron chi connectivity index (χ0n) is 14.6. The molecule has 0 fully saturated rings. The minimum Gasteiger partial charge on any atom is -0.352 e. The summed E-state index contributed by atoms with van der Waals surface area (Å²) in [7, 11) is 0. The largest absolute Gasteiger partial charge is 0.352 e. The number of hydrogen-bond acceptors (Lipinski definition) is 4. The summed E-state index contributed by atoms with van der Waals surface area (Å²) in [6, 6.07) is 7.74. The fraction of sp³-hybridized carbons (Fsp3) is 0.400. The predicted molar refractivity (Wildman–Crippen MR) is 108 cm³/mol. The van der Waals surface area contributed by atoms with Gasteiger partial charge in [-0.1, -0.05) is 48.7 Å². The van der Waals surface area contributed by atoms with E-state index in [1.54, 1.807) is 17.8 Å². The summed E-state index contributed by atoms with van der Waals surface area (Å²) in [5.41, 5.74) is 2.90. The summed E-state index contributed by atoms with van der Waals surface area (Å²) in [6.07, 6.45) is 4.31. The molecule has 1 aromatic carbocycles. The predicted octanol–water partition coefficient (Wildman–Crippen LogP) is 5.96. The van der Waals surface area contributed by atoms with Crippen molar-refractivity contribution in [3.63, 3.8) is 0 Å². The van der Waals surface area contributed by atoms with Crippen LogP contribution >= 0.6 is 35.0 Å². The Morgan fingerprint density at radius 3 is 2.88 bits per heavy atom. The first-order chi connectivity index (χ1) is 12.6. The maximum atomic E-state index is 12.7. The van der Waals surface area contributed by atoms with Crippen molar-refractivity contribution in [1.29, 1.82) is 5.26 Å². The van der Waals surface area contributed by atoms with Crippen LogP contribution in [0.15, 0.2) is 40.1 Å². The highest BCUT2D eigenvalue weighted by Gasteiger charge is 2.38. The molecular weight excluding hydrogens is 387 g/mol. The summed E-state index contributed by atoms with van der Waals surface area (Å²) in [6.45, 7) is 2.14. The molecular formula is C20H20Cl2N2OS. The number of ketones is 1. The van der Waals surface area contributed by atoms with Gasteiger partial charge in [-0.15, -0.1) is 11.8 Å². The Kier molecular flexibility index (Phi) is 6.34. The van der Waals surface area contributed by atoms with Gasteiger partial charge in [-0.05, 0) is 36.6 Å². The number of hydrogen-bond donors (Lipinski definition) is 1. The number of halogens is 2. The average molecular weight is 407 g/mol. The molecule has 0 unspecified atom stereocenters. The highest BCUT2D eigenvalue weighted by Crippen LogP contribution is 2.46. The standard InChI is InChI=1S/C20H20Cl2N2OS/c1-2-3-10-26-20-13(11-23)17(12-6-4-7-14(21)19(12)22)18-15(24-20)8-5-9-16(18)25/h4,6-7,17,24H,2-3,5,8-10H2,1H3/t17-/m1/s1. The molecule has 0 spiro atoms. The van der Waals surface area contributed by atoms with Gasteiger partial charge in [-0.3, -0.25) is 4.79 Å². The normalized spacial score (nSPS) is 19.9. The van der Waals surface area contributed by atoms with Crippen molar-refractivity contribution in [2.45, 2.75) is 44.9 Å². The van der Waals surface area contributed by atoms with E-state index in [0.717, 1.165) is 47.7 Å². The van der Waals surface area contributed by atoms with Gasteiger partial charge in [-0.25, -0.2) is 0 Å². The third-order valence-corrected chi connectivity index (χ3v) is 6.64. The smallest absolute Gasteiger partial charge is 0.161 e. The number of carbonyl (C=O) groups excluding carboxylic acids is 1. The van der Waals surface area contributed by atoms with Gasteiger partial charge in [0.2, 0.25) is 0 Å². The number of thioether (sulfide) groups is 1. The monoisotopic (exact) mass is 406 g/mol. The molecule has 1 aliphatic heterocycles. The summed E-state index contributed by atoms with van der Waals surface area (Å²) >= 11 is 14.3. The summed E-state index contributed by atoms with van der Waals surface area (Å²) in [5.74, 6) is 0.570. The summed E-state index contributed by atoms with van der Waals surface area (Å²) < 4.78 is 0. The molecule has 3 nitrogen and oxygen atoms in total. The van der Waals surface area contributed by atoms with Gasteiger partial charge in [0, 0.05) is 17.7 Å². The molecule has 26 heavy (non-hydrogen) atoms. The van der Waals surface area contributed by atoms with Gasteiger partial charge < -0.3 is 5.32 Å². The van der Waals surface area contributed by atoms with Crippen LogP contribution in [0.3, 0.4) is 0 Å². The van der Waals surface area contributed by atoms with Gasteiger partial charge >= 0.3 is 0 Å². The van der Waals surface area contributed by atoms with Gasteiger partial charge in [0.15, 0.2) is 5.78 Å². The topological polar surface area (TPSA) is 52.9 Å². The van der Waals surface area contributed by atoms with Crippen LogP contribution < -0.4 is 5.32 Å². The van der Waals surface area contributed by atoms with Crippen molar-refractivity contribution < 1.29 is 4.79 Å². The molecule has 2 aliphatic rings. The van der Waals surface area contributed by atoms with Crippen molar-refractivity contribution >= 4 is 40.7 Å².